The van der Waals surface area contributed by atoms with E-state index >= 15 is 0 Å². The molecule has 2 aromatic carbocycles. The maximum absolute atomic E-state index is 14.6. The third-order valence-corrected chi connectivity index (χ3v) is 13.8. The molecule has 5 fully saturated rings. The highest BCUT2D eigenvalue weighted by Gasteiger charge is 2.61. The molecule has 50 heavy (non-hydrogen) atoms. The van der Waals surface area contributed by atoms with Gasteiger partial charge in [0.25, 0.3) is 0 Å². The monoisotopic (exact) mass is 688 g/mol. The zero-order valence-corrected chi connectivity index (χ0v) is 30.7. The Balaban J connectivity index is 1.21. The predicted octanol–water partition coefficient (Wildman–Crippen LogP) is 5.75. The molecule has 9 nitrogen and oxygen atoms in total. The largest absolute Gasteiger partial charge is 0.508 e. The molecule has 0 amide bonds. The lowest BCUT2D eigenvalue weighted by Crippen LogP contribution is -2.53. The van der Waals surface area contributed by atoms with Crippen molar-refractivity contribution in [3.63, 3.8) is 0 Å². The molecule has 9 heteroatoms. The number of phenolic OH excluding ortho intramolecular Hbond substituents is 2. The average molecular weight is 689 g/mol. The van der Waals surface area contributed by atoms with Crippen LogP contribution in [0.15, 0.2) is 42.5 Å². The Morgan fingerprint density at radius 1 is 0.660 bits per heavy atom. The zero-order chi connectivity index (χ0) is 35.6. The third-order valence-electron chi connectivity index (χ3n) is 13.8. The molecular formula is C41H56N2O7. The lowest BCUT2D eigenvalue weighted by Gasteiger charge is -2.50. The molecule has 2 N–H and O–H groups in total. The molecule has 12 atom stereocenters. The van der Waals surface area contributed by atoms with Crippen molar-refractivity contribution >= 4 is 11.9 Å². The number of benzene rings is 2. The van der Waals surface area contributed by atoms with E-state index in [-0.39, 0.29) is 53.2 Å². The smallest absolute Gasteiger partial charge is 0.310 e. The van der Waals surface area contributed by atoms with Crippen molar-refractivity contribution in [2.45, 2.75) is 64.6 Å². The first-order chi connectivity index (χ1) is 23.9. The lowest BCUT2D eigenvalue weighted by molar-refractivity contribution is -0.175. The van der Waals surface area contributed by atoms with E-state index in [9.17, 15) is 19.8 Å². The minimum absolute atomic E-state index is 0.00754. The molecule has 2 aromatic rings. The van der Waals surface area contributed by atoms with Gasteiger partial charge in [-0.1, -0.05) is 45.9 Å². The van der Waals surface area contributed by atoms with Gasteiger partial charge in [0.15, 0.2) is 11.5 Å². The van der Waals surface area contributed by atoms with Crippen molar-refractivity contribution in [3.05, 3.63) is 53.6 Å². The Morgan fingerprint density at radius 3 is 1.60 bits per heavy atom. The van der Waals surface area contributed by atoms with E-state index in [4.69, 9.17) is 14.2 Å². The van der Waals surface area contributed by atoms with Gasteiger partial charge in [0, 0.05) is 38.0 Å². The van der Waals surface area contributed by atoms with Crippen LogP contribution in [-0.2, 0) is 19.1 Å². The fraction of sp³-hybridized carbons (Fsp3) is 0.659. The van der Waals surface area contributed by atoms with Gasteiger partial charge < -0.3 is 34.2 Å². The van der Waals surface area contributed by atoms with Crippen molar-refractivity contribution in [1.82, 2.24) is 9.80 Å². The van der Waals surface area contributed by atoms with Crippen LogP contribution in [0.4, 0.5) is 0 Å². The highest BCUT2D eigenvalue weighted by molar-refractivity contribution is 5.86. The number of phenols is 2. The van der Waals surface area contributed by atoms with E-state index in [0.717, 1.165) is 50.1 Å². The molecule has 5 aliphatic rings. The number of ether oxygens (including phenoxy) is 3. The fourth-order valence-electron chi connectivity index (χ4n) is 11.2. The molecule has 3 aliphatic carbocycles. The van der Waals surface area contributed by atoms with Crippen molar-refractivity contribution < 1.29 is 34.0 Å². The van der Waals surface area contributed by atoms with Crippen LogP contribution < -0.4 is 4.74 Å². The van der Waals surface area contributed by atoms with Crippen LogP contribution in [0.2, 0.25) is 0 Å². The summed E-state index contributed by atoms with van der Waals surface area (Å²) in [7, 11) is 5.84. The van der Waals surface area contributed by atoms with E-state index in [2.05, 4.69) is 51.6 Å². The number of piperidine rings is 2. The van der Waals surface area contributed by atoms with E-state index in [1.54, 1.807) is 30.3 Å². The highest BCUT2D eigenvalue weighted by atomic mass is 16.6. The SMILES string of the molecule is COc1cc(C2C(C(=O)OC3CC4C(C)CN(C)CC4C3C)C(c3ccc(O)cc3)C2C(=O)OC2CC3C(C)CN(C)CC3C2C)ccc1O. The number of likely N-dealkylation sites (tertiary alicyclic amines) is 2. The summed E-state index contributed by atoms with van der Waals surface area (Å²) in [6.07, 6.45) is 1.30. The van der Waals surface area contributed by atoms with Gasteiger partial charge in [-0.15, -0.1) is 0 Å². The van der Waals surface area contributed by atoms with Crippen LogP contribution >= 0.6 is 0 Å². The fourth-order valence-corrected chi connectivity index (χ4v) is 11.2. The van der Waals surface area contributed by atoms with Gasteiger partial charge in [0.05, 0.1) is 18.9 Å². The standard InChI is InChI=1S/C41H56N2O7/c1-21-17-42(5)19-30-23(3)33(15-28(21)30)49-40(46)38-36(25-8-11-27(44)12-9-25)39(37(38)26-10-13-32(45)35(14-26)48-7)41(47)50-34-16-29-22(2)18-43(6)20-31(29)24(34)4/h8-14,21-24,28-31,33-34,36-39,44-45H,15-20H2,1-7H3. The number of carbonyl (C=O) groups excluding carboxylic acids is 2. The number of methoxy groups -OCH3 is 1. The molecular weight excluding hydrogens is 632 g/mol. The Hall–Kier alpha value is -3.30. The van der Waals surface area contributed by atoms with Gasteiger partial charge in [-0.05, 0) is 110 Å². The van der Waals surface area contributed by atoms with Crippen LogP contribution in [0.3, 0.4) is 0 Å². The number of fused-ring (bicyclic) bond motifs is 2. The number of aromatic hydroxyl groups is 2. The number of nitrogens with zero attached hydrogens (tertiary/aromatic N) is 2. The minimum atomic E-state index is -0.668. The molecule has 7 rings (SSSR count). The second kappa shape index (κ2) is 13.7. The first-order valence-electron chi connectivity index (χ1n) is 18.8. The number of esters is 2. The summed E-state index contributed by atoms with van der Waals surface area (Å²) in [5.41, 5.74) is 1.52. The normalized spacial score (nSPS) is 40.0. The topological polar surface area (TPSA) is 109 Å². The number of hydrogen-bond acceptors (Lipinski definition) is 9. The molecule has 0 bridgehead atoms. The average Bonchev–Trinajstić information content (AvgIpc) is 3.54. The first-order valence-corrected chi connectivity index (χ1v) is 18.8. The first kappa shape index (κ1) is 35.1. The third kappa shape index (κ3) is 6.16. The van der Waals surface area contributed by atoms with Crippen LogP contribution in [0, 0.1) is 59.2 Å². The summed E-state index contributed by atoms with van der Waals surface area (Å²) in [6.45, 7) is 13.1. The van der Waals surface area contributed by atoms with E-state index in [1.807, 2.05) is 12.1 Å². The summed E-state index contributed by atoms with van der Waals surface area (Å²) in [5, 5.41) is 20.7. The van der Waals surface area contributed by atoms with Crippen LogP contribution in [-0.4, -0.2) is 91.5 Å². The Labute approximate surface area is 297 Å². The molecule has 2 aliphatic heterocycles. The van der Waals surface area contributed by atoms with Crippen molar-refractivity contribution in [2.75, 3.05) is 47.4 Å². The summed E-state index contributed by atoms with van der Waals surface area (Å²) < 4.78 is 18.6. The van der Waals surface area contributed by atoms with E-state index in [1.165, 1.54) is 7.11 Å². The second-order valence-corrected chi connectivity index (χ2v) is 16.8. The summed E-state index contributed by atoms with van der Waals surface area (Å²) in [4.78, 5) is 34.0. The second-order valence-electron chi connectivity index (χ2n) is 16.8. The molecule has 272 valence electrons. The number of rotatable bonds is 7. The van der Waals surface area contributed by atoms with Crippen molar-refractivity contribution in [2.24, 2.45) is 59.2 Å². The molecule has 12 unspecified atom stereocenters. The van der Waals surface area contributed by atoms with Crippen LogP contribution in [0.25, 0.3) is 0 Å². The number of carbonyl (C=O) groups is 2. The minimum Gasteiger partial charge on any atom is -0.508 e. The number of hydrogen-bond donors (Lipinski definition) is 2. The highest BCUT2D eigenvalue weighted by Crippen LogP contribution is 2.60. The summed E-state index contributed by atoms with van der Waals surface area (Å²) >= 11 is 0. The molecule has 0 radical (unpaired) electrons. The predicted molar refractivity (Wildman–Crippen MR) is 190 cm³/mol. The lowest BCUT2D eigenvalue weighted by atomic mass is 9.52. The zero-order valence-electron chi connectivity index (χ0n) is 30.7. The van der Waals surface area contributed by atoms with Crippen molar-refractivity contribution in [1.29, 1.82) is 0 Å². The molecule has 3 saturated carbocycles. The maximum atomic E-state index is 14.6. The van der Waals surface area contributed by atoms with Gasteiger partial charge >= 0.3 is 11.9 Å². The van der Waals surface area contributed by atoms with Crippen molar-refractivity contribution in [3.8, 4) is 17.2 Å². The van der Waals surface area contributed by atoms with Gasteiger partial charge in [-0.25, -0.2) is 0 Å². The van der Waals surface area contributed by atoms with Gasteiger partial charge in [0.2, 0.25) is 0 Å². The maximum Gasteiger partial charge on any atom is 0.310 e. The van der Waals surface area contributed by atoms with Gasteiger partial charge in [-0.3, -0.25) is 9.59 Å². The van der Waals surface area contributed by atoms with E-state index in [0.29, 0.717) is 35.5 Å². The van der Waals surface area contributed by atoms with Gasteiger partial charge in [0.1, 0.15) is 18.0 Å². The van der Waals surface area contributed by atoms with E-state index < -0.39 is 23.7 Å². The molecule has 0 spiro atoms. The van der Waals surface area contributed by atoms with Gasteiger partial charge in [-0.2, -0.15) is 0 Å². The Bertz CT molecular complexity index is 1500. The summed E-state index contributed by atoms with van der Waals surface area (Å²) in [6, 6.07) is 11.9. The van der Waals surface area contributed by atoms with Crippen LogP contribution in [0.5, 0.6) is 17.2 Å². The summed E-state index contributed by atoms with van der Waals surface area (Å²) in [5.74, 6) is 0.851. The quantitative estimate of drug-likeness (QED) is 0.352. The molecule has 2 heterocycles. The van der Waals surface area contributed by atoms with Crippen LogP contribution in [0.1, 0.15) is 63.5 Å². The molecule has 2 saturated heterocycles. The molecule has 0 aromatic heterocycles. The Morgan fingerprint density at radius 2 is 1.12 bits per heavy atom. The Kier molecular flexibility index (Phi) is 9.61.